The smallest absolute Gasteiger partial charge is 0.130 e. The maximum atomic E-state index is 5.76. The molecule has 1 unspecified atom stereocenters. The fourth-order valence-electron chi connectivity index (χ4n) is 1.72. The predicted molar refractivity (Wildman–Crippen MR) is 71.6 cm³/mol. The molecule has 0 aliphatic carbocycles. The van der Waals surface area contributed by atoms with E-state index < -0.39 is 0 Å². The number of ether oxygens (including phenoxy) is 2. The topological polar surface area (TPSA) is 43.6 Å². The van der Waals surface area contributed by atoms with Crippen molar-refractivity contribution in [3.8, 4) is 0 Å². The molecule has 4 nitrogen and oxygen atoms in total. The van der Waals surface area contributed by atoms with E-state index in [-0.39, 0.29) is 6.10 Å². The van der Waals surface area contributed by atoms with Crippen molar-refractivity contribution in [1.29, 1.82) is 0 Å². The summed E-state index contributed by atoms with van der Waals surface area (Å²) in [4.78, 5) is 0. The molecule has 1 rings (SSSR count). The lowest BCUT2D eigenvalue weighted by Gasteiger charge is -2.10. The molecule has 104 valence electrons. The van der Waals surface area contributed by atoms with Gasteiger partial charge in [-0.1, -0.05) is 6.92 Å². The molecule has 18 heavy (non-hydrogen) atoms. The van der Waals surface area contributed by atoms with Crippen LogP contribution < -0.4 is 5.32 Å². The molecule has 1 aromatic heterocycles. The third kappa shape index (κ3) is 5.21. The van der Waals surface area contributed by atoms with Crippen LogP contribution in [0.2, 0.25) is 0 Å². The van der Waals surface area contributed by atoms with Crippen molar-refractivity contribution in [2.24, 2.45) is 0 Å². The van der Waals surface area contributed by atoms with Crippen molar-refractivity contribution in [3.05, 3.63) is 23.2 Å². The van der Waals surface area contributed by atoms with E-state index >= 15 is 0 Å². The lowest BCUT2D eigenvalue weighted by molar-refractivity contribution is -0.00665. The summed E-state index contributed by atoms with van der Waals surface area (Å²) in [7, 11) is 1.68. The largest absolute Gasteiger partial charge is 0.462 e. The zero-order chi connectivity index (χ0) is 13.4. The molecule has 0 radical (unpaired) electrons. The minimum Gasteiger partial charge on any atom is -0.462 e. The Morgan fingerprint density at radius 1 is 1.44 bits per heavy atom. The van der Waals surface area contributed by atoms with Crippen molar-refractivity contribution in [3.63, 3.8) is 0 Å². The van der Waals surface area contributed by atoms with Crippen LogP contribution >= 0.6 is 0 Å². The molecule has 0 spiro atoms. The molecule has 1 heterocycles. The van der Waals surface area contributed by atoms with Gasteiger partial charge in [-0.25, -0.2) is 0 Å². The van der Waals surface area contributed by atoms with E-state index in [1.54, 1.807) is 7.11 Å². The Kier molecular flexibility index (Phi) is 7.01. The van der Waals surface area contributed by atoms with Crippen LogP contribution in [0.4, 0.5) is 0 Å². The standard InChI is InChI=1S/C14H25NO3/c1-5-6-15-8-14-11(2)7-13(18-14)10-17-12(3)9-16-4/h7,12,15H,5-6,8-10H2,1-4H3. The average Bonchev–Trinajstić information content (AvgIpc) is 2.69. The molecule has 0 aliphatic heterocycles. The third-order valence-electron chi connectivity index (χ3n) is 2.70. The van der Waals surface area contributed by atoms with Crippen molar-refractivity contribution in [1.82, 2.24) is 5.32 Å². The zero-order valence-electron chi connectivity index (χ0n) is 11.9. The molecule has 1 N–H and O–H groups in total. The van der Waals surface area contributed by atoms with Gasteiger partial charge in [-0.3, -0.25) is 0 Å². The van der Waals surface area contributed by atoms with Crippen molar-refractivity contribution in [2.75, 3.05) is 20.3 Å². The minimum atomic E-state index is 0.0853. The molecule has 0 saturated carbocycles. The summed E-state index contributed by atoms with van der Waals surface area (Å²) in [6, 6.07) is 2.04. The van der Waals surface area contributed by atoms with Crippen LogP contribution in [0.25, 0.3) is 0 Å². The van der Waals surface area contributed by atoms with Crippen molar-refractivity contribution in [2.45, 2.75) is 46.4 Å². The lowest BCUT2D eigenvalue weighted by Crippen LogP contribution is -2.14. The number of hydrogen-bond acceptors (Lipinski definition) is 4. The highest BCUT2D eigenvalue weighted by Crippen LogP contribution is 2.16. The zero-order valence-corrected chi connectivity index (χ0v) is 11.9. The van der Waals surface area contributed by atoms with Crippen LogP contribution in [0.3, 0.4) is 0 Å². The van der Waals surface area contributed by atoms with E-state index in [2.05, 4.69) is 19.2 Å². The second-order valence-electron chi connectivity index (χ2n) is 4.57. The first-order chi connectivity index (χ1) is 8.67. The monoisotopic (exact) mass is 255 g/mol. The van der Waals surface area contributed by atoms with E-state index in [0.29, 0.717) is 13.2 Å². The van der Waals surface area contributed by atoms with Gasteiger partial charge in [0, 0.05) is 7.11 Å². The summed E-state index contributed by atoms with van der Waals surface area (Å²) in [5.41, 5.74) is 1.18. The Labute approximate surface area is 110 Å². The van der Waals surface area contributed by atoms with Gasteiger partial charge < -0.3 is 19.2 Å². The van der Waals surface area contributed by atoms with Crippen molar-refractivity contribution >= 4 is 0 Å². The molecule has 4 heteroatoms. The molecule has 0 bridgehead atoms. The van der Waals surface area contributed by atoms with Crippen LogP contribution in [-0.4, -0.2) is 26.4 Å². The number of methoxy groups -OCH3 is 1. The maximum absolute atomic E-state index is 5.76. The Morgan fingerprint density at radius 3 is 2.89 bits per heavy atom. The average molecular weight is 255 g/mol. The molecule has 1 atom stereocenters. The van der Waals surface area contributed by atoms with Gasteiger partial charge in [0.15, 0.2) is 0 Å². The fourth-order valence-corrected chi connectivity index (χ4v) is 1.72. The highest BCUT2D eigenvalue weighted by atomic mass is 16.5. The molecular weight excluding hydrogens is 230 g/mol. The molecule has 0 aliphatic rings. The predicted octanol–water partition coefficient (Wildman–Crippen LogP) is 2.64. The number of hydrogen-bond donors (Lipinski definition) is 1. The van der Waals surface area contributed by atoms with E-state index in [4.69, 9.17) is 13.9 Å². The van der Waals surface area contributed by atoms with E-state index in [0.717, 1.165) is 31.0 Å². The highest BCUT2D eigenvalue weighted by Gasteiger charge is 2.09. The summed E-state index contributed by atoms with van der Waals surface area (Å²) in [5, 5.41) is 3.34. The number of furan rings is 1. The van der Waals surface area contributed by atoms with Gasteiger partial charge in [-0.05, 0) is 38.4 Å². The first-order valence-corrected chi connectivity index (χ1v) is 6.56. The molecular formula is C14H25NO3. The van der Waals surface area contributed by atoms with Crippen LogP contribution in [0.5, 0.6) is 0 Å². The van der Waals surface area contributed by atoms with Gasteiger partial charge in [0.2, 0.25) is 0 Å². The van der Waals surface area contributed by atoms with Crippen LogP contribution in [-0.2, 0) is 22.6 Å². The summed E-state index contributed by atoms with van der Waals surface area (Å²) < 4.78 is 16.4. The van der Waals surface area contributed by atoms with Crippen molar-refractivity contribution < 1.29 is 13.9 Å². The molecule has 0 aromatic carbocycles. The van der Waals surface area contributed by atoms with Gasteiger partial charge in [0.05, 0.1) is 19.3 Å². The summed E-state index contributed by atoms with van der Waals surface area (Å²) in [6.07, 6.45) is 1.21. The SMILES string of the molecule is CCCNCc1oc(COC(C)COC)cc1C. The molecule has 0 saturated heterocycles. The first kappa shape index (κ1) is 15.2. The minimum absolute atomic E-state index is 0.0853. The van der Waals surface area contributed by atoms with Crippen LogP contribution in [0.15, 0.2) is 10.5 Å². The van der Waals surface area contributed by atoms with Gasteiger partial charge in [0.1, 0.15) is 18.1 Å². The molecule has 0 fully saturated rings. The first-order valence-electron chi connectivity index (χ1n) is 6.56. The Balaban J connectivity index is 2.40. The number of rotatable bonds is 9. The summed E-state index contributed by atoms with van der Waals surface area (Å²) >= 11 is 0. The Morgan fingerprint density at radius 2 is 2.22 bits per heavy atom. The van der Waals surface area contributed by atoms with Gasteiger partial charge in [-0.2, -0.15) is 0 Å². The normalized spacial score (nSPS) is 12.9. The maximum Gasteiger partial charge on any atom is 0.130 e. The number of aryl methyl sites for hydroxylation is 1. The van der Waals surface area contributed by atoms with Gasteiger partial charge in [-0.15, -0.1) is 0 Å². The third-order valence-corrected chi connectivity index (χ3v) is 2.70. The Hall–Kier alpha value is -0.840. The van der Waals surface area contributed by atoms with Crippen LogP contribution in [0, 0.1) is 6.92 Å². The summed E-state index contributed by atoms with van der Waals surface area (Å²) in [6.45, 7) is 9.10. The molecule has 1 aromatic rings. The molecule has 0 amide bonds. The second kappa shape index (κ2) is 8.29. The van der Waals surface area contributed by atoms with E-state index in [9.17, 15) is 0 Å². The van der Waals surface area contributed by atoms with E-state index in [1.807, 2.05) is 13.0 Å². The Bertz CT molecular complexity index is 336. The highest BCUT2D eigenvalue weighted by molar-refractivity contribution is 5.19. The van der Waals surface area contributed by atoms with E-state index in [1.165, 1.54) is 5.56 Å². The van der Waals surface area contributed by atoms with Crippen LogP contribution in [0.1, 0.15) is 37.4 Å². The quantitative estimate of drug-likeness (QED) is 0.689. The fraction of sp³-hybridized carbons (Fsp3) is 0.714. The lowest BCUT2D eigenvalue weighted by atomic mass is 10.2. The van der Waals surface area contributed by atoms with Gasteiger partial charge >= 0.3 is 0 Å². The second-order valence-corrected chi connectivity index (χ2v) is 4.57. The number of nitrogens with one attached hydrogen (secondary N) is 1. The van der Waals surface area contributed by atoms with Gasteiger partial charge in [0.25, 0.3) is 0 Å². The summed E-state index contributed by atoms with van der Waals surface area (Å²) in [5.74, 6) is 1.88.